The molecule has 0 bridgehead atoms. The molecule has 1 unspecified atom stereocenters. The van der Waals surface area contributed by atoms with Crippen LogP contribution in [0, 0.1) is 0 Å². The van der Waals surface area contributed by atoms with Gasteiger partial charge in [0.1, 0.15) is 5.82 Å². The summed E-state index contributed by atoms with van der Waals surface area (Å²) < 4.78 is 0. The van der Waals surface area contributed by atoms with Crippen LogP contribution < -0.4 is 15.5 Å². The van der Waals surface area contributed by atoms with E-state index in [1.54, 1.807) is 0 Å². The predicted molar refractivity (Wildman–Crippen MR) is 123 cm³/mol. The predicted octanol–water partition coefficient (Wildman–Crippen LogP) is 4.32. The van der Waals surface area contributed by atoms with Gasteiger partial charge in [-0.05, 0) is 43.9 Å². The summed E-state index contributed by atoms with van der Waals surface area (Å²) in [5.41, 5.74) is 1.25. The van der Waals surface area contributed by atoms with Gasteiger partial charge >= 0.3 is 0 Å². The summed E-state index contributed by atoms with van der Waals surface area (Å²) >= 11 is 0. The van der Waals surface area contributed by atoms with Gasteiger partial charge in [0.2, 0.25) is 0 Å². The molecule has 1 aromatic heterocycles. The maximum Gasteiger partial charge on any atom is 0.191 e. The quantitative estimate of drug-likeness (QED) is 0.243. The molecule has 5 nitrogen and oxygen atoms in total. The second kappa shape index (κ2) is 13.2. The molecule has 2 heterocycles. The van der Waals surface area contributed by atoms with Gasteiger partial charge in [0.05, 0.1) is 0 Å². The molecule has 0 amide bonds. The Labute approximate surface area is 176 Å². The molecular formula is C20H36IN5. The molecule has 1 aromatic rings. The van der Waals surface area contributed by atoms with Crippen LogP contribution in [0.5, 0.6) is 0 Å². The van der Waals surface area contributed by atoms with E-state index in [1.807, 2.05) is 13.2 Å². The summed E-state index contributed by atoms with van der Waals surface area (Å²) in [5.74, 6) is 1.98. The third-order valence-corrected chi connectivity index (χ3v) is 4.80. The monoisotopic (exact) mass is 473 g/mol. The molecule has 26 heavy (non-hydrogen) atoms. The van der Waals surface area contributed by atoms with Crippen LogP contribution in [0.25, 0.3) is 0 Å². The average molecular weight is 473 g/mol. The smallest absolute Gasteiger partial charge is 0.191 e. The van der Waals surface area contributed by atoms with E-state index in [-0.39, 0.29) is 24.0 Å². The summed E-state index contributed by atoms with van der Waals surface area (Å²) in [5, 5.41) is 6.92. The zero-order valence-corrected chi connectivity index (χ0v) is 19.0. The van der Waals surface area contributed by atoms with Crippen LogP contribution in [-0.4, -0.2) is 37.1 Å². The highest BCUT2D eigenvalue weighted by atomic mass is 127. The van der Waals surface area contributed by atoms with E-state index in [1.165, 1.54) is 50.5 Å². The number of hydrogen-bond acceptors (Lipinski definition) is 3. The van der Waals surface area contributed by atoms with Gasteiger partial charge in [0.15, 0.2) is 5.96 Å². The van der Waals surface area contributed by atoms with Gasteiger partial charge < -0.3 is 15.5 Å². The Morgan fingerprint density at radius 2 is 2.04 bits per heavy atom. The fourth-order valence-corrected chi connectivity index (χ4v) is 3.25. The highest BCUT2D eigenvalue weighted by Crippen LogP contribution is 2.18. The number of guanidine groups is 1. The third-order valence-electron chi connectivity index (χ3n) is 4.80. The number of aromatic nitrogens is 1. The molecular weight excluding hydrogens is 437 g/mol. The van der Waals surface area contributed by atoms with Gasteiger partial charge in [-0.2, -0.15) is 0 Å². The zero-order chi connectivity index (χ0) is 17.9. The third kappa shape index (κ3) is 8.10. The number of rotatable bonds is 9. The molecule has 0 aliphatic carbocycles. The van der Waals surface area contributed by atoms with Crippen molar-refractivity contribution in [2.75, 3.05) is 25.0 Å². The second-order valence-corrected chi connectivity index (χ2v) is 7.04. The van der Waals surface area contributed by atoms with Gasteiger partial charge in [-0.15, -0.1) is 24.0 Å². The highest BCUT2D eigenvalue weighted by molar-refractivity contribution is 14.0. The Hall–Kier alpha value is -1.05. The molecule has 2 N–H and O–H groups in total. The Balaban J connectivity index is 0.00000338. The molecule has 1 aliphatic heterocycles. The minimum absolute atomic E-state index is 0. The highest BCUT2D eigenvalue weighted by Gasteiger charge is 2.13. The fourth-order valence-electron chi connectivity index (χ4n) is 3.25. The van der Waals surface area contributed by atoms with Crippen molar-refractivity contribution in [1.82, 2.24) is 15.6 Å². The van der Waals surface area contributed by atoms with Crippen molar-refractivity contribution < 1.29 is 0 Å². The minimum atomic E-state index is 0. The Kier molecular flexibility index (Phi) is 11.6. The summed E-state index contributed by atoms with van der Waals surface area (Å²) in [7, 11) is 1.83. The van der Waals surface area contributed by atoms with Crippen molar-refractivity contribution >= 4 is 35.8 Å². The molecule has 1 fully saturated rings. The molecule has 1 aliphatic rings. The maximum absolute atomic E-state index is 4.52. The van der Waals surface area contributed by atoms with Crippen LogP contribution in [0.4, 0.5) is 5.82 Å². The van der Waals surface area contributed by atoms with E-state index in [9.17, 15) is 0 Å². The number of hydrogen-bond donors (Lipinski definition) is 2. The number of anilines is 1. The summed E-state index contributed by atoms with van der Waals surface area (Å²) in [6, 6.07) is 4.72. The van der Waals surface area contributed by atoms with Crippen molar-refractivity contribution in [2.45, 2.75) is 71.4 Å². The molecule has 148 valence electrons. The topological polar surface area (TPSA) is 52.6 Å². The van der Waals surface area contributed by atoms with Gasteiger partial charge in [0.25, 0.3) is 0 Å². The molecule has 0 spiro atoms. The summed E-state index contributed by atoms with van der Waals surface area (Å²) in [6.07, 6.45) is 10.9. The standard InChI is InChI=1S/C20H35N5.HI/c1-4-5-6-7-10-17(2)24-20(21-3)23-16-18-11-12-22-19(15-18)25-13-8-9-14-25;/h11-12,15,17H,4-10,13-14,16H2,1-3H3,(H2,21,23,24);1H. The van der Waals surface area contributed by atoms with Gasteiger partial charge in [0, 0.05) is 38.9 Å². The van der Waals surface area contributed by atoms with E-state index < -0.39 is 0 Å². The number of unbranched alkanes of at least 4 members (excludes halogenated alkanes) is 3. The lowest BCUT2D eigenvalue weighted by Gasteiger charge is -2.19. The molecule has 1 atom stereocenters. The van der Waals surface area contributed by atoms with E-state index >= 15 is 0 Å². The van der Waals surface area contributed by atoms with E-state index in [4.69, 9.17) is 0 Å². The number of nitrogens with one attached hydrogen (secondary N) is 2. The largest absolute Gasteiger partial charge is 0.357 e. The number of nitrogens with zero attached hydrogens (tertiary/aromatic N) is 3. The van der Waals surface area contributed by atoms with Crippen LogP contribution in [0.3, 0.4) is 0 Å². The zero-order valence-electron chi connectivity index (χ0n) is 16.6. The fraction of sp³-hybridized carbons (Fsp3) is 0.700. The molecule has 1 saturated heterocycles. The summed E-state index contributed by atoms with van der Waals surface area (Å²) in [6.45, 7) is 7.51. The first-order valence-corrected chi connectivity index (χ1v) is 9.90. The van der Waals surface area contributed by atoms with Crippen molar-refractivity contribution in [1.29, 1.82) is 0 Å². The number of halogens is 1. The molecule has 0 saturated carbocycles. The van der Waals surface area contributed by atoms with Crippen LogP contribution in [0.1, 0.15) is 64.4 Å². The normalized spacial score (nSPS) is 15.5. The lowest BCUT2D eigenvalue weighted by Crippen LogP contribution is -2.41. The molecule has 6 heteroatoms. The van der Waals surface area contributed by atoms with Gasteiger partial charge in [-0.3, -0.25) is 4.99 Å². The number of aliphatic imine (C=N–C) groups is 1. The van der Waals surface area contributed by atoms with Crippen LogP contribution >= 0.6 is 24.0 Å². The van der Waals surface area contributed by atoms with Crippen molar-refractivity contribution in [3.05, 3.63) is 23.9 Å². The van der Waals surface area contributed by atoms with Crippen molar-refractivity contribution in [3.8, 4) is 0 Å². The van der Waals surface area contributed by atoms with E-state index in [2.05, 4.69) is 51.5 Å². The van der Waals surface area contributed by atoms with Crippen LogP contribution in [0.2, 0.25) is 0 Å². The second-order valence-electron chi connectivity index (χ2n) is 7.04. The SMILES string of the molecule is CCCCCCC(C)NC(=NC)NCc1ccnc(N2CCCC2)c1.I. The van der Waals surface area contributed by atoms with Crippen molar-refractivity contribution in [2.24, 2.45) is 4.99 Å². The Morgan fingerprint density at radius 1 is 1.27 bits per heavy atom. The lowest BCUT2D eigenvalue weighted by molar-refractivity contribution is 0.537. The van der Waals surface area contributed by atoms with Crippen molar-refractivity contribution in [3.63, 3.8) is 0 Å². The van der Waals surface area contributed by atoms with Gasteiger partial charge in [-0.25, -0.2) is 4.98 Å². The van der Waals surface area contributed by atoms with E-state index in [0.717, 1.165) is 31.4 Å². The average Bonchev–Trinajstić information content (AvgIpc) is 3.17. The maximum atomic E-state index is 4.52. The Bertz CT molecular complexity index is 529. The molecule has 2 rings (SSSR count). The minimum Gasteiger partial charge on any atom is -0.357 e. The summed E-state index contributed by atoms with van der Waals surface area (Å²) in [4.78, 5) is 11.2. The number of pyridine rings is 1. The van der Waals surface area contributed by atoms with E-state index in [0.29, 0.717) is 6.04 Å². The molecule has 0 radical (unpaired) electrons. The first-order valence-electron chi connectivity index (χ1n) is 9.90. The van der Waals surface area contributed by atoms with Crippen LogP contribution in [-0.2, 0) is 6.54 Å². The molecule has 0 aromatic carbocycles. The Morgan fingerprint density at radius 3 is 2.73 bits per heavy atom. The van der Waals surface area contributed by atoms with Crippen LogP contribution in [0.15, 0.2) is 23.3 Å². The first-order chi connectivity index (χ1) is 12.2. The lowest BCUT2D eigenvalue weighted by atomic mass is 10.1. The van der Waals surface area contributed by atoms with Gasteiger partial charge in [-0.1, -0.05) is 32.6 Å². The first kappa shape index (κ1) is 23.0.